The van der Waals surface area contributed by atoms with E-state index in [4.69, 9.17) is 4.42 Å². The third-order valence-electron chi connectivity index (χ3n) is 3.20. The molecule has 0 aliphatic rings. The van der Waals surface area contributed by atoms with Crippen LogP contribution in [0.15, 0.2) is 33.8 Å². The van der Waals surface area contributed by atoms with Crippen molar-refractivity contribution >= 4 is 22.9 Å². The third-order valence-corrected chi connectivity index (χ3v) is 4.26. The monoisotopic (exact) mass is 318 g/mol. The smallest absolute Gasteiger partial charge is 0.210 e. The summed E-state index contributed by atoms with van der Waals surface area (Å²) in [5.74, 6) is 0.688. The Morgan fingerprint density at radius 3 is 2.91 bits per heavy atom. The topological polar surface area (TPSA) is 72.9 Å². The second-order valence-corrected chi connectivity index (χ2v) is 6.58. The summed E-state index contributed by atoms with van der Waals surface area (Å²) in [5, 5.41) is 12.7. The lowest BCUT2D eigenvalue weighted by molar-refractivity contribution is 0.361. The Morgan fingerprint density at radius 1 is 1.32 bits per heavy atom. The number of nitrogens with zero attached hydrogens (tertiary/aromatic N) is 6. The van der Waals surface area contributed by atoms with Crippen molar-refractivity contribution in [2.45, 2.75) is 23.9 Å². The van der Waals surface area contributed by atoms with E-state index in [0.717, 1.165) is 29.3 Å². The highest BCUT2D eigenvalue weighted by Gasteiger charge is 2.18. The molecule has 8 heteroatoms. The van der Waals surface area contributed by atoms with Crippen molar-refractivity contribution in [3.8, 4) is 0 Å². The van der Waals surface area contributed by atoms with E-state index in [1.165, 1.54) is 0 Å². The number of likely N-dealkylation sites (N-methyl/N-ethyl adjacent to an activating group) is 1. The first-order chi connectivity index (χ1) is 10.6. The number of para-hydroxylation sites is 2. The predicted octanol–water partition coefficient (Wildman–Crippen LogP) is 2.23. The lowest BCUT2D eigenvalue weighted by Gasteiger charge is -2.10. The van der Waals surface area contributed by atoms with Gasteiger partial charge in [-0.15, -0.1) is 5.10 Å². The maximum absolute atomic E-state index is 5.80. The molecule has 2 aromatic heterocycles. The number of oxazole rings is 1. The molecule has 1 aromatic carbocycles. The van der Waals surface area contributed by atoms with Crippen LogP contribution in [0, 0.1) is 0 Å². The summed E-state index contributed by atoms with van der Waals surface area (Å²) in [5.41, 5.74) is 1.68. The highest BCUT2D eigenvalue weighted by Crippen LogP contribution is 2.34. The Morgan fingerprint density at radius 2 is 2.14 bits per heavy atom. The second kappa shape index (κ2) is 6.45. The molecule has 0 fully saturated rings. The molecule has 3 rings (SSSR count). The summed E-state index contributed by atoms with van der Waals surface area (Å²) in [6.07, 6.45) is 0. The van der Waals surface area contributed by atoms with Gasteiger partial charge in [0.05, 0.1) is 11.8 Å². The molecule has 2 heterocycles. The zero-order valence-electron chi connectivity index (χ0n) is 12.8. The van der Waals surface area contributed by atoms with Gasteiger partial charge in [-0.25, -0.2) is 9.67 Å². The molecule has 7 nitrogen and oxygen atoms in total. The van der Waals surface area contributed by atoms with Crippen LogP contribution >= 0.6 is 11.8 Å². The molecular formula is C14H18N6OS. The summed E-state index contributed by atoms with van der Waals surface area (Å²) >= 11 is 1.55. The van der Waals surface area contributed by atoms with Gasteiger partial charge >= 0.3 is 0 Å². The van der Waals surface area contributed by atoms with Crippen LogP contribution in [0.4, 0.5) is 0 Å². The Labute approximate surface area is 132 Å². The normalized spacial score (nSPS) is 13.1. The molecule has 0 saturated heterocycles. The molecule has 0 aliphatic heterocycles. The van der Waals surface area contributed by atoms with Crippen molar-refractivity contribution in [1.29, 1.82) is 0 Å². The van der Waals surface area contributed by atoms with Crippen molar-refractivity contribution < 1.29 is 4.42 Å². The zero-order valence-corrected chi connectivity index (χ0v) is 13.6. The molecular weight excluding hydrogens is 300 g/mol. The minimum absolute atomic E-state index is 0.0384. The average Bonchev–Trinajstić information content (AvgIpc) is 3.11. The molecule has 0 unspecified atom stereocenters. The van der Waals surface area contributed by atoms with Gasteiger partial charge in [-0.1, -0.05) is 23.9 Å². The second-order valence-electron chi connectivity index (χ2n) is 5.27. The molecule has 22 heavy (non-hydrogen) atoms. The van der Waals surface area contributed by atoms with Gasteiger partial charge in [0.25, 0.3) is 0 Å². The van der Waals surface area contributed by atoms with Crippen molar-refractivity contribution in [1.82, 2.24) is 30.1 Å². The number of hydrogen-bond acceptors (Lipinski definition) is 7. The molecule has 0 amide bonds. The molecule has 0 bridgehead atoms. The number of tetrazole rings is 1. The molecule has 0 aliphatic carbocycles. The van der Waals surface area contributed by atoms with Crippen LogP contribution in [0.2, 0.25) is 0 Å². The summed E-state index contributed by atoms with van der Waals surface area (Å²) in [7, 11) is 4.05. The number of rotatable bonds is 6. The highest BCUT2D eigenvalue weighted by atomic mass is 32.2. The van der Waals surface area contributed by atoms with Gasteiger partial charge in [0.2, 0.25) is 11.0 Å². The summed E-state index contributed by atoms with van der Waals surface area (Å²) < 4.78 is 7.61. The van der Waals surface area contributed by atoms with E-state index < -0.39 is 0 Å². The molecule has 116 valence electrons. The first-order valence-corrected chi connectivity index (χ1v) is 7.94. The van der Waals surface area contributed by atoms with Crippen LogP contribution in [0.3, 0.4) is 0 Å². The van der Waals surface area contributed by atoms with Gasteiger partial charge in [0.1, 0.15) is 5.52 Å². The van der Waals surface area contributed by atoms with Gasteiger partial charge in [-0.05, 0) is 43.6 Å². The minimum atomic E-state index is 0.0384. The molecule has 0 radical (unpaired) electrons. The van der Waals surface area contributed by atoms with E-state index in [0.29, 0.717) is 5.89 Å². The van der Waals surface area contributed by atoms with Crippen LogP contribution in [-0.2, 0) is 6.54 Å². The van der Waals surface area contributed by atoms with Gasteiger partial charge in [0.15, 0.2) is 5.58 Å². The summed E-state index contributed by atoms with van der Waals surface area (Å²) in [4.78, 5) is 6.62. The van der Waals surface area contributed by atoms with Gasteiger partial charge in [0, 0.05) is 6.54 Å². The average molecular weight is 318 g/mol. The Balaban J connectivity index is 1.74. The van der Waals surface area contributed by atoms with E-state index in [-0.39, 0.29) is 5.25 Å². The fourth-order valence-electron chi connectivity index (χ4n) is 1.99. The number of thioether (sulfide) groups is 1. The van der Waals surface area contributed by atoms with Crippen LogP contribution in [0.25, 0.3) is 11.1 Å². The van der Waals surface area contributed by atoms with Crippen LogP contribution in [0.5, 0.6) is 0 Å². The van der Waals surface area contributed by atoms with E-state index in [1.54, 1.807) is 11.8 Å². The van der Waals surface area contributed by atoms with E-state index in [9.17, 15) is 0 Å². The fourth-order valence-corrected chi connectivity index (χ4v) is 2.84. The number of benzene rings is 1. The van der Waals surface area contributed by atoms with Gasteiger partial charge in [-0.2, -0.15) is 0 Å². The first kappa shape index (κ1) is 15.0. The lowest BCUT2D eigenvalue weighted by atomic mass is 10.3. The van der Waals surface area contributed by atoms with Crippen LogP contribution < -0.4 is 0 Å². The van der Waals surface area contributed by atoms with E-state index in [2.05, 4.69) is 25.4 Å². The number of hydrogen-bond donors (Lipinski definition) is 0. The van der Waals surface area contributed by atoms with E-state index >= 15 is 0 Å². The number of aromatic nitrogens is 5. The SMILES string of the molecule is C[C@@H](Sc1nnnn1CCN(C)C)c1nc2ccccc2o1. The Hall–Kier alpha value is -1.93. The summed E-state index contributed by atoms with van der Waals surface area (Å²) in [6.45, 7) is 3.68. The molecule has 1 atom stereocenters. The maximum atomic E-state index is 5.80. The maximum Gasteiger partial charge on any atom is 0.210 e. The van der Waals surface area contributed by atoms with Crippen LogP contribution in [-0.4, -0.2) is 50.7 Å². The minimum Gasteiger partial charge on any atom is -0.439 e. The Bertz CT molecular complexity index is 719. The predicted molar refractivity (Wildman–Crippen MR) is 84.7 cm³/mol. The molecule has 0 saturated carbocycles. The van der Waals surface area contributed by atoms with Crippen LogP contribution in [0.1, 0.15) is 18.1 Å². The standard InChI is InChI=1S/C14H18N6OS/c1-10(13-15-11-6-4-5-7-12(11)21-13)22-14-16-17-18-20(14)9-8-19(2)3/h4-7,10H,8-9H2,1-3H3/t10-/m1/s1. The van der Waals surface area contributed by atoms with Gasteiger partial charge in [-0.3, -0.25) is 0 Å². The third kappa shape index (κ3) is 3.28. The fraction of sp³-hybridized carbons (Fsp3) is 0.429. The largest absolute Gasteiger partial charge is 0.439 e. The molecule has 3 aromatic rings. The summed E-state index contributed by atoms with van der Waals surface area (Å²) in [6, 6.07) is 7.76. The Kier molecular flexibility index (Phi) is 4.39. The quantitative estimate of drug-likeness (QED) is 0.645. The van der Waals surface area contributed by atoms with Crippen molar-refractivity contribution in [2.75, 3.05) is 20.6 Å². The molecule has 0 spiro atoms. The lowest BCUT2D eigenvalue weighted by Crippen LogP contribution is -2.19. The van der Waals surface area contributed by atoms with Gasteiger partial charge < -0.3 is 9.32 Å². The van der Waals surface area contributed by atoms with Crippen molar-refractivity contribution in [3.05, 3.63) is 30.2 Å². The van der Waals surface area contributed by atoms with Crippen molar-refractivity contribution in [3.63, 3.8) is 0 Å². The molecule has 0 N–H and O–H groups in total. The highest BCUT2D eigenvalue weighted by molar-refractivity contribution is 7.99. The zero-order chi connectivity index (χ0) is 15.5. The number of fused-ring (bicyclic) bond motifs is 1. The van der Waals surface area contributed by atoms with Crippen molar-refractivity contribution in [2.24, 2.45) is 0 Å². The van der Waals surface area contributed by atoms with E-state index in [1.807, 2.05) is 50.0 Å². The first-order valence-electron chi connectivity index (χ1n) is 7.06.